The van der Waals surface area contributed by atoms with Gasteiger partial charge in [-0.25, -0.2) is 4.99 Å². The lowest BCUT2D eigenvalue weighted by Crippen LogP contribution is -2.05. The number of aromatic hydroxyl groups is 1. The second kappa shape index (κ2) is 9.23. The Kier molecular flexibility index (Phi) is 6.05. The van der Waals surface area contributed by atoms with E-state index < -0.39 is 0 Å². The van der Waals surface area contributed by atoms with Crippen LogP contribution in [0.2, 0.25) is 0 Å². The van der Waals surface area contributed by atoms with Crippen LogP contribution in [0.4, 0.5) is 5.88 Å². The average molecular weight is 422 g/mol. The SMILES string of the molecule is CC(C)Oc1ccc(C=Nc2oc(-c3ccccc3)c(-c3ccccc3)c2C#N)c(O)c1. The van der Waals surface area contributed by atoms with Crippen molar-refractivity contribution in [3.05, 3.63) is 90.0 Å². The van der Waals surface area contributed by atoms with Crippen LogP contribution < -0.4 is 4.74 Å². The largest absolute Gasteiger partial charge is 0.507 e. The zero-order chi connectivity index (χ0) is 22.5. The molecule has 32 heavy (non-hydrogen) atoms. The molecule has 1 heterocycles. The molecule has 0 bridgehead atoms. The Morgan fingerprint density at radius 3 is 2.22 bits per heavy atom. The molecule has 0 amide bonds. The summed E-state index contributed by atoms with van der Waals surface area (Å²) >= 11 is 0. The Morgan fingerprint density at radius 2 is 1.62 bits per heavy atom. The molecule has 0 aliphatic rings. The number of phenolic OH excluding ortho intramolecular Hbond substituents is 1. The van der Waals surface area contributed by atoms with E-state index in [1.807, 2.05) is 74.5 Å². The van der Waals surface area contributed by atoms with Crippen LogP contribution in [0.5, 0.6) is 11.5 Å². The molecule has 0 saturated heterocycles. The van der Waals surface area contributed by atoms with Crippen LogP contribution in [0.25, 0.3) is 22.5 Å². The Balaban J connectivity index is 1.79. The van der Waals surface area contributed by atoms with Gasteiger partial charge < -0.3 is 14.3 Å². The third-order valence-corrected chi connectivity index (χ3v) is 4.79. The van der Waals surface area contributed by atoms with Crippen molar-refractivity contribution in [2.45, 2.75) is 20.0 Å². The van der Waals surface area contributed by atoms with E-state index in [9.17, 15) is 10.4 Å². The van der Waals surface area contributed by atoms with Crippen LogP contribution in [0.3, 0.4) is 0 Å². The standard InChI is InChI=1S/C27H22N2O3/c1-18(2)31-22-14-13-21(24(30)15-22)17-29-27-23(16-28)25(19-9-5-3-6-10-19)26(32-27)20-11-7-4-8-12-20/h3-15,17-18,30H,1-2H3. The van der Waals surface area contributed by atoms with E-state index in [1.165, 1.54) is 6.21 Å². The number of aliphatic imine (C=N–C) groups is 1. The molecule has 0 aliphatic carbocycles. The van der Waals surface area contributed by atoms with E-state index in [0.29, 0.717) is 28.2 Å². The van der Waals surface area contributed by atoms with Gasteiger partial charge >= 0.3 is 0 Å². The van der Waals surface area contributed by atoms with Crippen molar-refractivity contribution < 1.29 is 14.3 Å². The third-order valence-electron chi connectivity index (χ3n) is 4.79. The van der Waals surface area contributed by atoms with Crippen molar-refractivity contribution in [2.75, 3.05) is 0 Å². The normalized spacial score (nSPS) is 11.1. The number of nitriles is 1. The first kappa shape index (κ1) is 21.0. The van der Waals surface area contributed by atoms with Crippen molar-refractivity contribution in [3.8, 4) is 40.0 Å². The van der Waals surface area contributed by atoms with E-state index in [0.717, 1.165) is 11.1 Å². The number of furan rings is 1. The van der Waals surface area contributed by atoms with Gasteiger partial charge in [0, 0.05) is 29.0 Å². The van der Waals surface area contributed by atoms with Crippen LogP contribution in [0, 0.1) is 11.3 Å². The Labute approximate surface area is 186 Å². The highest BCUT2D eigenvalue weighted by atomic mass is 16.5. The first-order valence-corrected chi connectivity index (χ1v) is 10.3. The lowest BCUT2D eigenvalue weighted by atomic mass is 9.98. The second-order valence-corrected chi connectivity index (χ2v) is 7.48. The highest BCUT2D eigenvalue weighted by Crippen LogP contribution is 2.42. The fourth-order valence-electron chi connectivity index (χ4n) is 3.39. The molecule has 1 N–H and O–H groups in total. The van der Waals surface area contributed by atoms with Crippen LogP contribution in [0.1, 0.15) is 25.0 Å². The second-order valence-electron chi connectivity index (χ2n) is 7.48. The Bertz CT molecular complexity index is 1280. The van der Waals surface area contributed by atoms with Crippen molar-refractivity contribution in [1.29, 1.82) is 5.26 Å². The molecular formula is C27H22N2O3. The fourth-order valence-corrected chi connectivity index (χ4v) is 3.39. The van der Waals surface area contributed by atoms with Gasteiger partial charge in [0.15, 0.2) is 0 Å². The predicted molar refractivity (Wildman–Crippen MR) is 125 cm³/mol. The maximum atomic E-state index is 10.4. The molecule has 0 aliphatic heterocycles. The Hall–Kier alpha value is -4.30. The van der Waals surface area contributed by atoms with Gasteiger partial charge in [0.25, 0.3) is 0 Å². The molecule has 0 spiro atoms. The van der Waals surface area contributed by atoms with Crippen LogP contribution >= 0.6 is 0 Å². The summed E-state index contributed by atoms with van der Waals surface area (Å²) in [6.07, 6.45) is 1.49. The van der Waals surface area contributed by atoms with Gasteiger partial charge in [-0.15, -0.1) is 0 Å². The summed E-state index contributed by atoms with van der Waals surface area (Å²) in [6.45, 7) is 3.84. The predicted octanol–water partition coefficient (Wildman–Crippen LogP) is 6.73. The number of ether oxygens (including phenoxy) is 1. The summed E-state index contributed by atoms with van der Waals surface area (Å²) in [6, 6.07) is 26.5. The molecule has 5 heteroatoms. The topological polar surface area (TPSA) is 78.8 Å². The molecule has 158 valence electrons. The number of phenols is 1. The van der Waals surface area contributed by atoms with Crippen LogP contribution in [-0.2, 0) is 0 Å². The van der Waals surface area contributed by atoms with Crippen molar-refractivity contribution in [3.63, 3.8) is 0 Å². The summed E-state index contributed by atoms with van der Waals surface area (Å²) in [4.78, 5) is 4.42. The first-order chi connectivity index (χ1) is 15.6. The summed E-state index contributed by atoms with van der Waals surface area (Å²) in [5.74, 6) is 1.36. The van der Waals surface area contributed by atoms with E-state index in [-0.39, 0.29) is 17.7 Å². The van der Waals surface area contributed by atoms with Gasteiger partial charge in [-0.2, -0.15) is 5.26 Å². The van der Waals surface area contributed by atoms with Crippen LogP contribution in [-0.4, -0.2) is 17.4 Å². The molecule has 0 atom stereocenters. The van der Waals surface area contributed by atoms with E-state index in [4.69, 9.17) is 9.15 Å². The zero-order valence-corrected chi connectivity index (χ0v) is 17.8. The monoisotopic (exact) mass is 422 g/mol. The van der Waals surface area contributed by atoms with Crippen molar-refractivity contribution >= 4 is 12.1 Å². The third kappa shape index (κ3) is 4.40. The van der Waals surface area contributed by atoms with Gasteiger partial charge in [-0.05, 0) is 31.5 Å². The highest BCUT2D eigenvalue weighted by molar-refractivity contribution is 5.90. The molecule has 0 saturated carbocycles. The summed E-state index contributed by atoms with van der Waals surface area (Å²) in [5.41, 5.74) is 3.24. The molecule has 4 aromatic rings. The number of nitrogens with zero attached hydrogens (tertiary/aromatic N) is 2. The maximum Gasteiger partial charge on any atom is 0.238 e. The summed E-state index contributed by atoms with van der Waals surface area (Å²) < 4.78 is 11.7. The quantitative estimate of drug-likeness (QED) is 0.349. The lowest BCUT2D eigenvalue weighted by Gasteiger charge is -2.10. The minimum Gasteiger partial charge on any atom is -0.507 e. The number of hydrogen-bond acceptors (Lipinski definition) is 5. The zero-order valence-electron chi connectivity index (χ0n) is 17.8. The lowest BCUT2D eigenvalue weighted by molar-refractivity contribution is 0.241. The smallest absolute Gasteiger partial charge is 0.238 e. The van der Waals surface area contributed by atoms with Gasteiger partial charge in [-0.1, -0.05) is 60.7 Å². The van der Waals surface area contributed by atoms with E-state index >= 15 is 0 Å². The van der Waals surface area contributed by atoms with Crippen molar-refractivity contribution in [1.82, 2.24) is 0 Å². The van der Waals surface area contributed by atoms with E-state index in [1.54, 1.807) is 18.2 Å². The van der Waals surface area contributed by atoms with Gasteiger partial charge in [0.05, 0.1) is 6.10 Å². The molecule has 1 aromatic heterocycles. The van der Waals surface area contributed by atoms with Crippen LogP contribution in [0.15, 0.2) is 88.3 Å². The van der Waals surface area contributed by atoms with Gasteiger partial charge in [0.2, 0.25) is 5.88 Å². The molecule has 3 aromatic carbocycles. The fraction of sp³-hybridized carbons (Fsp3) is 0.111. The first-order valence-electron chi connectivity index (χ1n) is 10.3. The number of hydrogen-bond donors (Lipinski definition) is 1. The minimum atomic E-state index is 0.00281. The minimum absolute atomic E-state index is 0.00281. The molecule has 0 unspecified atom stereocenters. The maximum absolute atomic E-state index is 10.4. The Morgan fingerprint density at radius 1 is 0.969 bits per heavy atom. The molecule has 4 rings (SSSR count). The summed E-state index contributed by atoms with van der Waals surface area (Å²) in [5, 5.41) is 20.3. The number of rotatable bonds is 6. The highest BCUT2D eigenvalue weighted by Gasteiger charge is 2.22. The number of benzene rings is 3. The molecule has 5 nitrogen and oxygen atoms in total. The average Bonchev–Trinajstić information content (AvgIpc) is 3.18. The van der Waals surface area contributed by atoms with E-state index in [2.05, 4.69) is 11.1 Å². The van der Waals surface area contributed by atoms with Gasteiger partial charge in [0.1, 0.15) is 28.9 Å². The molecule has 0 radical (unpaired) electrons. The van der Waals surface area contributed by atoms with Gasteiger partial charge in [-0.3, -0.25) is 0 Å². The van der Waals surface area contributed by atoms with Crippen molar-refractivity contribution in [2.24, 2.45) is 4.99 Å². The molecular weight excluding hydrogens is 400 g/mol. The molecule has 0 fully saturated rings. The summed E-state index contributed by atoms with van der Waals surface area (Å²) in [7, 11) is 0.